The van der Waals surface area contributed by atoms with E-state index in [-0.39, 0.29) is 11.8 Å². The van der Waals surface area contributed by atoms with E-state index in [0.717, 1.165) is 10.5 Å². The maximum atomic E-state index is 12.2. The minimum Gasteiger partial charge on any atom is -0.294 e. The van der Waals surface area contributed by atoms with Crippen molar-refractivity contribution in [2.75, 3.05) is 0 Å². The second kappa shape index (κ2) is 7.29. The molecule has 1 unspecified atom stereocenters. The lowest BCUT2D eigenvalue weighted by atomic mass is 10.1. The number of ketones is 1. The first-order valence-corrected chi connectivity index (χ1v) is 8.04. The summed E-state index contributed by atoms with van der Waals surface area (Å²) in [7, 11) is -1.30. The number of hydrogen-bond acceptors (Lipinski definition) is 2. The molecule has 0 radical (unpaired) electrons. The van der Waals surface area contributed by atoms with E-state index in [1.807, 2.05) is 56.3 Å². The highest BCUT2D eigenvalue weighted by Crippen LogP contribution is 2.09. The van der Waals surface area contributed by atoms with E-state index in [4.69, 9.17) is 0 Å². The number of rotatable bonds is 6. The highest BCUT2D eigenvalue weighted by atomic mass is 32.2. The fourth-order valence-electron chi connectivity index (χ4n) is 1.97. The van der Waals surface area contributed by atoms with Gasteiger partial charge in [-0.25, -0.2) is 8.93 Å². The molecule has 0 fully saturated rings. The number of Topliss-reactive ketones (excluding diaryl/α,β-unsaturated/α-hetero) is 1. The van der Waals surface area contributed by atoms with Crippen LogP contribution in [0.3, 0.4) is 0 Å². The molecule has 2 rings (SSSR count). The van der Waals surface area contributed by atoms with Gasteiger partial charge in [-0.15, -0.1) is 0 Å². The molecule has 2 atom stereocenters. The Bertz CT molecular complexity index is 623. The average Bonchev–Trinajstić information content (AvgIpc) is 2.48. The lowest BCUT2D eigenvalue weighted by molar-refractivity contribution is 0.0975. The lowest BCUT2D eigenvalue weighted by Gasteiger charge is -2.12. The van der Waals surface area contributed by atoms with Crippen molar-refractivity contribution in [1.82, 2.24) is 4.72 Å². The summed E-state index contributed by atoms with van der Waals surface area (Å²) in [5.74, 6) is 0.0523. The third kappa shape index (κ3) is 4.62. The average molecular weight is 301 g/mol. The topological polar surface area (TPSA) is 46.2 Å². The Hall–Kier alpha value is -1.78. The van der Waals surface area contributed by atoms with Crippen LogP contribution in [0.15, 0.2) is 59.5 Å². The first-order chi connectivity index (χ1) is 10.1. The van der Waals surface area contributed by atoms with Crippen molar-refractivity contribution in [2.24, 2.45) is 0 Å². The van der Waals surface area contributed by atoms with Gasteiger partial charge in [0.1, 0.15) is 11.0 Å². The molecule has 0 amide bonds. The fraction of sp³-hybridized carbons (Fsp3) is 0.235. The van der Waals surface area contributed by atoms with E-state index >= 15 is 0 Å². The number of nitrogens with one attached hydrogen (secondary N) is 1. The monoisotopic (exact) mass is 301 g/mol. The molecule has 1 N–H and O–H groups in total. The molecule has 0 aromatic heterocycles. The SMILES string of the molecule is Cc1ccc(S(=O)N[C@@H](C)CC(=O)c2ccccc2)cc1. The summed E-state index contributed by atoms with van der Waals surface area (Å²) in [4.78, 5) is 12.8. The normalized spacial score (nSPS) is 13.6. The van der Waals surface area contributed by atoms with Crippen LogP contribution < -0.4 is 4.72 Å². The van der Waals surface area contributed by atoms with Crippen molar-refractivity contribution in [3.05, 3.63) is 65.7 Å². The van der Waals surface area contributed by atoms with Gasteiger partial charge >= 0.3 is 0 Å². The first kappa shape index (κ1) is 15.6. The van der Waals surface area contributed by atoms with Gasteiger partial charge in [-0.05, 0) is 26.0 Å². The Morgan fingerprint density at radius 1 is 1.10 bits per heavy atom. The maximum absolute atomic E-state index is 12.2. The Labute approximate surface area is 128 Å². The molecule has 0 aliphatic heterocycles. The van der Waals surface area contributed by atoms with Gasteiger partial charge in [0, 0.05) is 18.0 Å². The first-order valence-electron chi connectivity index (χ1n) is 6.89. The molecule has 0 spiro atoms. The summed E-state index contributed by atoms with van der Waals surface area (Å²) >= 11 is 0. The summed E-state index contributed by atoms with van der Waals surface area (Å²) < 4.78 is 15.1. The number of carbonyl (C=O) groups excluding carboxylic acids is 1. The van der Waals surface area contributed by atoms with E-state index in [1.165, 1.54) is 0 Å². The van der Waals surface area contributed by atoms with Gasteiger partial charge in [0.25, 0.3) is 0 Å². The quantitative estimate of drug-likeness (QED) is 0.832. The zero-order valence-corrected chi connectivity index (χ0v) is 13.0. The lowest BCUT2D eigenvalue weighted by Crippen LogP contribution is -2.30. The molecule has 3 nitrogen and oxygen atoms in total. The van der Waals surface area contributed by atoms with Crippen molar-refractivity contribution in [1.29, 1.82) is 0 Å². The summed E-state index contributed by atoms with van der Waals surface area (Å²) in [5, 5.41) is 0. The van der Waals surface area contributed by atoms with Crippen LogP contribution >= 0.6 is 0 Å². The van der Waals surface area contributed by atoms with Crippen LogP contribution in [0.4, 0.5) is 0 Å². The highest BCUT2D eigenvalue weighted by molar-refractivity contribution is 7.83. The minimum absolute atomic E-state index is 0.0523. The predicted molar refractivity (Wildman–Crippen MR) is 85.6 cm³/mol. The summed E-state index contributed by atoms with van der Waals surface area (Å²) in [6, 6.07) is 16.5. The van der Waals surface area contributed by atoms with E-state index < -0.39 is 11.0 Å². The molecular weight excluding hydrogens is 282 g/mol. The van der Waals surface area contributed by atoms with E-state index in [9.17, 15) is 9.00 Å². The molecule has 2 aromatic carbocycles. The highest BCUT2D eigenvalue weighted by Gasteiger charge is 2.13. The second-order valence-electron chi connectivity index (χ2n) is 5.09. The van der Waals surface area contributed by atoms with Gasteiger partial charge in [-0.1, -0.05) is 48.0 Å². The van der Waals surface area contributed by atoms with Crippen LogP contribution in [0.2, 0.25) is 0 Å². The molecule has 2 aromatic rings. The van der Waals surface area contributed by atoms with Crippen LogP contribution in [0.5, 0.6) is 0 Å². The minimum atomic E-state index is -1.30. The van der Waals surface area contributed by atoms with Gasteiger partial charge in [0.2, 0.25) is 0 Å². The third-order valence-electron chi connectivity index (χ3n) is 3.13. The van der Waals surface area contributed by atoms with Gasteiger partial charge in [-0.3, -0.25) is 4.79 Å². The molecule has 0 bridgehead atoms. The zero-order valence-electron chi connectivity index (χ0n) is 12.2. The van der Waals surface area contributed by atoms with Crippen LogP contribution in [-0.4, -0.2) is 16.0 Å². The molecule has 0 saturated carbocycles. The Balaban J connectivity index is 1.92. The van der Waals surface area contributed by atoms with Crippen LogP contribution in [-0.2, 0) is 11.0 Å². The second-order valence-corrected chi connectivity index (χ2v) is 6.34. The van der Waals surface area contributed by atoms with Crippen LogP contribution in [0.1, 0.15) is 29.3 Å². The van der Waals surface area contributed by atoms with E-state index in [1.54, 1.807) is 12.1 Å². The van der Waals surface area contributed by atoms with Gasteiger partial charge in [-0.2, -0.15) is 0 Å². The van der Waals surface area contributed by atoms with Crippen molar-refractivity contribution in [3.63, 3.8) is 0 Å². The number of hydrogen-bond donors (Lipinski definition) is 1. The molecule has 0 saturated heterocycles. The molecule has 4 heteroatoms. The van der Waals surface area contributed by atoms with E-state index in [2.05, 4.69) is 4.72 Å². The van der Waals surface area contributed by atoms with E-state index in [0.29, 0.717) is 12.0 Å². The number of benzene rings is 2. The molecule has 0 aliphatic carbocycles. The predicted octanol–water partition coefficient (Wildman–Crippen LogP) is 3.27. The Morgan fingerprint density at radius 3 is 2.33 bits per heavy atom. The van der Waals surface area contributed by atoms with Gasteiger partial charge < -0.3 is 0 Å². The molecule has 110 valence electrons. The standard InChI is InChI=1S/C17H19NO2S/c1-13-8-10-16(11-9-13)21(20)18-14(2)12-17(19)15-6-4-3-5-7-15/h3-11,14,18H,12H2,1-2H3/t14-,21?/m0/s1. The Kier molecular flexibility index (Phi) is 5.42. The molecular formula is C17H19NO2S. The van der Waals surface area contributed by atoms with Crippen molar-refractivity contribution in [3.8, 4) is 0 Å². The van der Waals surface area contributed by atoms with Crippen molar-refractivity contribution >= 4 is 16.8 Å². The summed E-state index contributed by atoms with van der Waals surface area (Å²) in [6.07, 6.45) is 0.321. The van der Waals surface area contributed by atoms with Crippen molar-refractivity contribution in [2.45, 2.75) is 31.2 Å². The van der Waals surface area contributed by atoms with Crippen molar-refractivity contribution < 1.29 is 9.00 Å². The van der Waals surface area contributed by atoms with Crippen LogP contribution in [0.25, 0.3) is 0 Å². The van der Waals surface area contributed by atoms with Gasteiger partial charge in [0.05, 0.1) is 4.90 Å². The van der Waals surface area contributed by atoms with Gasteiger partial charge in [0.15, 0.2) is 5.78 Å². The number of carbonyl (C=O) groups is 1. The summed E-state index contributed by atoms with van der Waals surface area (Å²) in [5.41, 5.74) is 1.82. The van der Waals surface area contributed by atoms with Crippen LogP contribution in [0, 0.1) is 6.92 Å². The molecule has 0 heterocycles. The third-order valence-corrected chi connectivity index (χ3v) is 4.45. The maximum Gasteiger partial charge on any atom is 0.164 e. The largest absolute Gasteiger partial charge is 0.294 e. The molecule has 0 aliphatic rings. The zero-order chi connectivity index (χ0) is 15.2. The smallest absolute Gasteiger partial charge is 0.164 e. The Morgan fingerprint density at radius 2 is 1.71 bits per heavy atom. The fourth-order valence-corrected chi connectivity index (χ4v) is 2.94. The molecule has 21 heavy (non-hydrogen) atoms. The summed E-state index contributed by atoms with van der Waals surface area (Å²) in [6.45, 7) is 3.86. The number of aryl methyl sites for hydroxylation is 1.